The van der Waals surface area contributed by atoms with E-state index in [1.807, 2.05) is 6.07 Å². The van der Waals surface area contributed by atoms with Gasteiger partial charge in [-0.05, 0) is 31.7 Å². The summed E-state index contributed by atoms with van der Waals surface area (Å²) in [5.74, 6) is 7.46. The Balaban J connectivity index is 2.21. The van der Waals surface area contributed by atoms with Crippen LogP contribution in [0.25, 0.3) is 0 Å². The Morgan fingerprint density at radius 3 is 3.06 bits per heavy atom. The van der Waals surface area contributed by atoms with E-state index in [4.69, 9.17) is 5.84 Å². The summed E-state index contributed by atoms with van der Waals surface area (Å²) in [6.07, 6.45) is 4.26. The lowest BCUT2D eigenvalue weighted by molar-refractivity contribution is 0.361. The minimum absolute atomic E-state index is 0.475. The number of aromatic nitrogens is 2. The van der Waals surface area contributed by atoms with Crippen molar-refractivity contribution in [3.8, 4) is 0 Å². The van der Waals surface area contributed by atoms with Crippen molar-refractivity contribution >= 4 is 11.8 Å². The van der Waals surface area contributed by atoms with Crippen LogP contribution >= 0.6 is 0 Å². The van der Waals surface area contributed by atoms with E-state index >= 15 is 0 Å². The maximum absolute atomic E-state index is 5.32. The largest absolute Gasteiger partial charge is 0.353 e. The number of piperidine rings is 1. The minimum atomic E-state index is 0.475. The monoisotopic (exact) mass is 221 g/mol. The van der Waals surface area contributed by atoms with Crippen molar-refractivity contribution in [1.82, 2.24) is 9.97 Å². The Morgan fingerprint density at radius 2 is 2.31 bits per heavy atom. The highest BCUT2D eigenvalue weighted by molar-refractivity contribution is 5.43. The third kappa shape index (κ3) is 2.09. The van der Waals surface area contributed by atoms with Crippen molar-refractivity contribution in [3.63, 3.8) is 0 Å². The lowest BCUT2D eigenvalue weighted by Gasteiger charge is -2.38. The Hall–Kier alpha value is -1.36. The predicted octanol–water partition coefficient (Wildman–Crippen LogP) is 1.39. The zero-order chi connectivity index (χ0) is 11.5. The number of rotatable bonds is 2. The van der Waals surface area contributed by atoms with Gasteiger partial charge in [-0.3, -0.25) is 5.43 Å². The first-order chi connectivity index (χ1) is 7.72. The molecule has 0 aromatic carbocycles. The number of nitrogens with two attached hydrogens (primary N) is 1. The normalized spacial score (nSPS) is 25.6. The highest BCUT2D eigenvalue weighted by Gasteiger charge is 2.25. The average molecular weight is 221 g/mol. The first-order valence-corrected chi connectivity index (χ1v) is 5.78. The molecule has 1 aromatic rings. The molecule has 1 aliphatic heterocycles. The Kier molecular flexibility index (Phi) is 3.24. The van der Waals surface area contributed by atoms with Crippen LogP contribution in [0.15, 0.2) is 12.3 Å². The first-order valence-electron chi connectivity index (χ1n) is 5.78. The fourth-order valence-electron chi connectivity index (χ4n) is 2.24. The van der Waals surface area contributed by atoms with Gasteiger partial charge in [0.05, 0.1) is 0 Å². The number of hydrazine groups is 1. The molecule has 2 atom stereocenters. The summed E-state index contributed by atoms with van der Waals surface area (Å²) in [6.45, 7) is 5.61. The number of hydrogen-bond donors (Lipinski definition) is 2. The average Bonchev–Trinajstić information content (AvgIpc) is 2.33. The van der Waals surface area contributed by atoms with Gasteiger partial charge in [-0.1, -0.05) is 6.92 Å². The quantitative estimate of drug-likeness (QED) is 0.583. The number of anilines is 2. The summed E-state index contributed by atoms with van der Waals surface area (Å²) in [6, 6.07) is 2.46. The third-order valence-electron chi connectivity index (χ3n) is 3.44. The lowest BCUT2D eigenvalue weighted by atomic mass is 9.92. The van der Waals surface area contributed by atoms with E-state index in [9.17, 15) is 0 Å². The van der Waals surface area contributed by atoms with E-state index in [2.05, 4.69) is 34.1 Å². The van der Waals surface area contributed by atoms with Crippen molar-refractivity contribution in [2.75, 3.05) is 16.9 Å². The maximum atomic E-state index is 5.32. The molecule has 5 heteroatoms. The van der Waals surface area contributed by atoms with Crippen molar-refractivity contribution in [2.24, 2.45) is 11.8 Å². The number of nitrogen functional groups attached to an aromatic ring is 1. The van der Waals surface area contributed by atoms with Gasteiger partial charge in [0.25, 0.3) is 0 Å². The SMILES string of the molecule is CC1CCCN(c2ccnc(NN)n2)C1C. The fourth-order valence-corrected chi connectivity index (χ4v) is 2.24. The van der Waals surface area contributed by atoms with Gasteiger partial charge in [0.1, 0.15) is 5.82 Å². The van der Waals surface area contributed by atoms with Gasteiger partial charge in [-0.25, -0.2) is 10.8 Å². The lowest BCUT2D eigenvalue weighted by Crippen LogP contribution is -2.43. The third-order valence-corrected chi connectivity index (χ3v) is 3.44. The molecule has 0 amide bonds. The summed E-state index contributed by atoms with van der Waals surface area (Å²) in [7, 11) is 0. The second-order valence-corrected chi connectivity index (χ2v) is 4.44. The molecule has 3 N–H and O–H groups in total. The molecule has 0 bridgehead atoms. The Bertz CT molecular complexity index is 354. The Labute approximate surface area is 96.0 Å². The fraction of sp³-hybridized carbons (Fsp3) is 0.636. The molecule has 1 aliphatic rings. The van der Waals surface area contributed by atoms with Crippen molar-refractivity contribution in [3.05, 3.63) is 12.3 Å². The molecule has 5 nitrogen and oxygen atoms in total. The van der Waals surface area contributed by atoms with Crippen molar-refractivity contribution < 1.29 is 0 Å². The molecule has 88 valence electrons. The van der Waals surface area contributed by atoms with Crippen LogP contribution in [0.3, 0.4) is 0 Å². The zero-order valence-corrected chi connectivity index (χ0v) is 9.85. The van der Waals surface area contributed by atoms with E-state index in [0.29, 0.717) is 17.9 Å². The van der Waals surface area contributed by atoms with Gasteiger partial charge in [-0.2, -0.15) is 4.98 Å². The van der Waals surface area contributed by atoms with Gasteiger partial charge < -0.3 is 4.90 Å². The van der Waals surface area contributed by atoms with Gasteiger partial charge >= 0.3 is 0 Å². The molecule has 2 rings (SSSR count). The molecular weight excluding hydrogens is 202 g/mol. The van der Waals surface area contributed by atoms with Gasteiger partial charge in [0.2, 0.25) is 5.95 Å². The highest BCUT2D eigenvalue weighted by atomic mass is 15.3. The smallest absolute Gasteiger partial charge is 0.239 e. The van der Waals surface area contributed by atoms with Crippen LogP contribution in [0.5, 0.6) is 0 Å². The van der Waals surface area contributed by atoms with Gasteiger partial charge in [-0.15, -0.1) is 0 Å². The molecule has 2 unspecified atom stereocenters. The number of nitrogens with zero attached hydrogens (tertiary/aromatic N) is 3. The van der Waals surface area contributed by atoms with Crippen LogP contribution in [0.4, 0.5) is 11.8 Å². The number of hydrogen-bond acceptors (Lipinski definition) is 5. The molecule has 0 radical (unpaired) electrons. The summed E-state index contributed by atoms with van der Waals surface area (Å²) >= 11 is 0. The van der Waals surface area contributed by atoms with Crippen LogP contribution in [-0.2, 0) is 0 Å². The molecular formula is C11H19N5. The highest BCUT2D eigenvalue weighted by Crippen LogP contribution is 2.27. The van der Waals surface area contributed by atoms with Gasteiger partial charge in [0, 0.05) is 18.8 Å². The van der Waals surface area contributed by atoms with Crippen molar-refractivity contribution in [1.29, 1.82) is 0 Å². The van der Waals surface area contributed by atoms with E-state index in [-0.39, 0.29) is 0 Å². The minimum Gasteiger partial charge on any atom is -0.353 e. The summed E-state index contributed by atoms with van der Waals surface area (Å²) < 4.78 is 0. The molecule has 0 saturated carbocycles. The Morgan fingerprint density at radius 1 is 1.50 bits per heavy atom. The number of nitrogens with one attached hydrogen (secondary N) is 1. The van der Waals surface area contributed by atoms with Crippen LogP contribution in [-0.4, -0.2) is 22.6 Å². The maximum Gasteiger partial charge on any atom is 0.239 e. The van der Waals surface area contributed by atoms with Crippen LogP contribution in [0, 0.1) is 5.92 Å². The molecule has 16 heavy (non-hydrogen) atoms. The summed E-state index contributed by atoms with van der Waals surface area (Å²) in [5, 5.41) is 0. The predicted molar refractivity (Wildman–Crippen MR) is 65.0 cm³/mol. The van der Waals surface area contributed by atoms with E-state index in [1.54, 1.807) is 6.20 Å². The standard InChI is InChI=1S/C11H19N5/c1-8-4-3-7-16(9(8)2)10-5-6-13-11(14-10)15-12/h5-6,8-9H,3-4,7,12H2,1-2H3,(H,13,14,15). The zero-order valence-electron chi connectivity index (χ0n) is 9.85. The van der Waals surface area contributed by atoms with E-state index < -0.39 is 0 Å². The van der Waals surface area contributed by atoms with Crippen LogP contribution < -0.4 is 16.2 Å². The molecule has 1 fully saturated rings. The van der Waals surface area contributed by atoms with Crippen molar-refractivity contribution in [2.45, 2.75) is 32.7 Å². The van der Waals surface area contributed by atoms with Gasteiger partial charge in [0.15, 0.2) is 0 Å². The topological polar surface area (TPSA) is 67.1 Å². The summed E-state index contributed by atoms with van der Waals surface area (Å²) in [4.78, 5) is 10.7. The van der Waals surface area contributed by atoms with E-state index in [1.165, 1.54) is 12.8 Å². The van der Waals surface area contributed by atoms with Crippen LogP contribution in [0.1, 0.15) is 26.7 Å². The summed E-state index contributed by atoms with van der Waals surface area (Å²) in [5.41, 5.74) is 2.48. The van der Waals surface area contributed by atoms with Crippen LogP contribution in [0.2, 0.25) is 0 Å². The van der Waals surface area contributed by atoms with E-state index in [0.717, 1.165) is 12.4 Å². The molecule has 0 spiro atoms. The second-order valence-electron chi connectivity index (χ2n) is 4.44. The first kappa shape index (κ1) is 11.1. The molecule has 1 aromatic heterocycles. The molecule has 1 saturated heterocycles. The molecule has 0 aliphatic carbocycles. The second kappa shape index (κ2) is 4.65. The molecule has 2 heterocycles.